The van der Waals surface area contributed by atoms with Gasteiger partial charge >= 0.3 is 0 Å². The van der Waals surface area contributed by atoms with E-state index in [1.807, 2.05) is 25.1 Å². The summed E-state index contributed by atoms with van der Waals surface area (Å²) in [7, 11) is 0. The molecular weight excluding hydrogens is 308 g/mol. The van der Waals surface area contributed by atoms with Crippen molar-refractivity contribution in [1.29, 1.82) is 0 Å². The predicted molar refractivity (Wildman–Crippen MR) is 104 cm³/mol. The molecule has 0 fully saturated rings. The first-order chi connectivity index (χ1) is 12.0. The van der Waals surface area contributed by atoms with Crippen LogP contribution in [-0.4, -0.2) is 9.97 Å². The van der Waals surface area contributed by atoms with Crippen LogP contribution < -0.4 is 10.6 Å². The van der Waals surface area contributed by atoms with Gasteiger partial charge in [0.05, 0.1) is 0 Å². The summed E-state index contributed by atoms with van der Waals surface area (Å²) in [5.74, 6) is 1.43. The average molecular weight is 332 g/mol. The van der Waals surface area contributed by atoms with Gasteiger partial charge in [-0.3, -0.25) is 0 Å². The fraction of sp³-hybridized carbons (Fsp3) is 0.238. The second kappa shape index (κ2) is 7.34. The maximum Gasteiger partial charge on any atom is 0.225 e. The van der Waals surface area contributed by atoms with Crippen molar-refractivity contribution in [2.24, 2.45) is 0 Å². The van der Waals surface area contributed by atoms with E-state index < -0.39 is 0 Å². The van der Waals surface area contributed by atoms with Crippen molar-refractivity contribution < 1.29 is 0 Å². The van der Waals surface area contributed by atoms with E-state index >= 15 is 0 Å². The van der Waals surface area contributed by atoms with Crippen molar-refractivity contribution in [2.75, 3.05) is 10.6 Å². The highest BCUT2D eigenvalue weighted by atomic mass is 15.1. The maximum absolute atomic E-state index is 4.60. The van der Waals surface area contributed by atoms with Crippen LogP contribution in [0.25, 0.3) is 0 Å². The van der Waals surface area contributed by atoms with Gasteiger partial charge in [0.2, 0.25) is 5.95 Å². The summed E-state index contributed by atoms with van der Waals surface area (Å²) in [6.07, 6.45) is 0. The number of nitrogens with zero attached hydrogens (tertiary/aromatic N) is 2. The van der Waals surface area contributed by atoms with Crippen molar-refractivity contribution in [3.05, 3.63) is 76.5 Å². The molecule has 2 N–H and O–H groups in total. The molecule has 0 unspecified atom stereocenters. The molecule has 3 aromatic rings. The summed E-state index contributed by atoms with van der Waals surface area (Å²) in [4.78, 5) is 9.09. The third kappa shape index (κ3) is 4.57. The fourth-order valence-corrected chi connectivity index (χ4v) is 2.89. The van der Waals surface area contributed by atoms with Gasteiger partial charge in [0.25, 0.3) is 0 Å². The van der Waals surface area contributed by atoms with E-state index in [-0.39, 0.29) is 0 Å². The van der Waals surface area contributed by atoms with Gasteiger partial charge in [0, 0.05) is 24.0 Å². The quantitative estimate of drug-likeness (QED) is 0.685. The van der Waals surface area contributed by atoms with Crippen LogP contribution in [0.15, 0.2) is 48.5 Å². The molecule has 0 bridgehead atoms. The lowest BCUT2D eigenvalue weighted by Crippen LogP contribution is -2.07. The Morgan fingerprint density at radius 3 is 2.28 bits per heavy atom. The summed E-state index contributed by atoms with van der Waals surface area (Å²) < 4.78 is 0. The fourth-order valence-electron chi connectivity index (χ4n) is 2.89. The highest BCUT2D eigenvalue weighted by Crippen LogP contribution is 2.20. The lowest BCUT2D eigenvalue weighted by molar-refractivity contribution is 1.02. The Kier molecular flexibility index (Phi) is 4.98. The van der Waals surface area contributed by atoms with Crippen molar-refractivity contribution >= 4 is 17.5 Å². The first-order valence-electron chi connectivity index (χ1n) is 8.49. The second-order valence-electron chi connectivity index (χ2n) is 6.50. The maximum atomic E-state index is 4.60. The predicted octanol–water partition coefficient (Wildman–Crippen LogP) is 5.07. The van der Waals surface area contributed by atoms with Crippen molar-refractivity contribution in [3.8, 4) is 0 Å². The van der Waals surface area contributed by atoms with E-state index in [4.69, 9.17) is 0 Å². The Morgan fingerprint density at radius 1 is 0.840 bits per heavy atom. The normalized spacial score (nSPS) is 10.6. The largest absolute Gasteiger partial charge is 0.350 e. The number of benzene rings is 2. The highest BCUT2D eigenvalue weighted by Gasteiger charge is 2.05. The molecule has 3 rings (SSSR count). The Labute approximate surface area is 149 Å². The van der Waals surface area contributed by atoms with Crippen LogP contribution in [0.4, 0.5) is 17.5 Å². The van der Waals surface area contributed by atoms with E-state index in [2.05, 4.69) is 71.7 Å². The molecule has 0 spiro atoms. The molecule has 2 aromatic carbocycles. The third-order valence-electron chi connectivity index (χ3n) is 4.05. The number of hydrogen-bond donors (Lipinski definition) is 2. The minimum atomic E-state index is 0.634. The highest BCUT2D eigenvalue weighted by molar-refractivity contribution is 5.59. The standard InChI is InChI=1S/C21H24N4/c1-14-9-15(2)11-19(10-14)24-20-12-17(4)23-21(25-20)22-13-18-8-6-5-7-16(18)3/h5-12H,13H2,1-4H3,(H2,22,23,24,25). The van der Waals surface area contributed by atoms with Crippen molar-refractivity contribution in [1.82, 2.24) is 9.97 Å². The zero-order valence-corrected chi connectivity index (χ0v) is 15.2. The number of nitrogens with one attached hydrogen (secondary N) is 2. The Bertz CT molecular complexity index is 867. The number of aryl methyl sites for hydroxylation is 4. The van der Waals surface area contributed by atoms with Gasteiger partial charge in [0.15, 0.2) is 0 Å². The molecule has 0 aliphatic heterocycles. The second-order valence-corrected chi connectivity index (χ2v) is 6.50. The number of rotatable bonds is 5. The van der Waals surface area contributed by atoms with Gasteiger partial charge < -0.3 is 10.6 Å². The van der Waals surface area contributed by atoms with Crippen LogP contribution in [0.5, 0.6) is 0 Å². The molecule has 0 saturated heterocycles. The lowest BCUT2D eigenvalue weighted by Gasteiger charge is -2.12. The van der Waals surface area contributed by atoms with Gasteiger partial charge in [-0.15, -0.1) is 0 Å². The molecule has 128 valence electrons. The molecule has 0 aliphatic rings. The molecule has 4 nitrogen and oxygen atoms in total. The summed E-state index contributed by atoms with van der Waals surface area (Å²) in [5.41, 5.74) is 6.93. The van der Waals surface area contributed by atoms with Crippen LogP contribution in [-0.2, 0) is 6.54 Å². The van der Waals surface area contributed by atoms with Crippen LogP contribution >= 0.6 is 0 Å². The molecule has 0 aliphatic carbocycles. The molecule has 1 heterocycles. The smallest absolute Gasteiger partial charge is 0.225 e. The summed E-state index contributed by atoms with van der Waals surface area (Å²) in [6, 6.07) is 16.7. The third-order valence-corrected chi connectivity index (χ3v) is 4.05. The SMILES string of the molecule is Cc1cc(C)cc(Nc2cc(C)nc(NCc3ccccc3C)n2)c1. The Morgan fingerprint density at radius 2 is 1.56 bits per heavy atom. The molecule has 0 radical (unpaired) electrons. The van der Waals surface area contributed by atoms with Crippen LogP contribution in [0.2, 0.25) is 0 Å². The molecule has 0 amide bonds. The summed E-state index contributed by atoms with van der Waals surface area (Å²) in [5, 5.41) is 6.71. The summed E-state index contributed by atoms with van der Waals surface area (Å²) >= 11 is 0. The van der Waals surface area contributed by atoms with Crippen LogP contribution in [0, 0.1) is 27.7 Å². The molecule has 0 saturated carbocycles. The number of aromatic nitrogens is 2. The van der Waals surface area contributed by atoms with Gasteiger partial charge in [-0.1, -0.05) is 30.3 Å². The Balaban J connectivity index is 1.77. The molecule has 25 heavy (non-hydrogen) atoms. The zero-order valence-electron chi connectivity index (χ0n) is 15.2. The Hall–Kier alpha value is -2.88. The molecule has 1 aromatic heterocycles. The minimum absolute atomic E-state index is 0.634. The van der Waals surface area contributed by atoms with E-state index in [9.17, 15) is 0 Å². The first-order valence-corrected chi connectivity index (χ1v) is 8.49. The van der Waals surface area contributed by atoms with E-state index in [1.54, 1.807) is 0 Å². The number of hydrogen-bond acceptors (Lipinski definition) is 4. The average Bonchev–Trinajstić information content (AvgIpc) is 2.52. The van der Waals surface area contributed by atoms with Gasteiger partial charge in [-0.2, -0.15) is 4.98 Å². The van der Waals surface area contributed by atoms with Crippen LogP contribution in [0.1, 0.15) is 27.9 Å². The number of anilines is 3. The van der Waals surface area contributed by atoms with E-state index in [0.717, 1.165) is 17.2 Å². The zero-order chi connectivity index (χ0) is 17.8. The minimum Gasteiger partial charge on any atom is -0.350 e. The van der Waals surface area contributed by atoms with Gasteiger partial charge in [0.1, 0.15) is 5.82 Å². The van der Waals surface area contributed by atoms with Crippen LogP contribution in [0.3, 0.4) is 0 Å². The monoisotopic (exact) mass is 332 g/mol. The molecular formula is C21H24N4. The van der Waals surface area contributed by atoms with Gasteiger partial charge in [-0.05, 0) is 62.1 Å². The lowest BCUT2D eigenvalue weighted by atomic mass is 10.1. The van der Waals surface area contributed by atoms with Gasteiger partial charge in [-0.25, -0.2) is 4.98 Å². The molecule has 0 atom stereocenters. The topological polar surface area (TPSA) is 49.8 Å². The van der Waals surface area contributed by atoms with Crippen molar-refractivity contribution in [3.63, 3.8) is 0 Å². The van der Waals surface area contributed by atoms with E-state index in [1.165, 1.54) is 22.3 Å². The summed E-state index contributed by atoms with van der Waals surface area (Å²) in [6.45, 7) is 8.99. The van der Waals surface area contributed by atoms with Crippen molar-refractivity contribution in [2.45, 2.75) is 34.2 Å². The molecule has 4 heteroatoms. The first kappa shape index (κ1) is 17.0. The van der Waals surface area contributed by atoms with E-state index in [0.29, 0.717) is 12.5 Å².